The van der Waals surface area contributed by atoms with Gasteiger partial charge in [-0.15, -0.1) is 0 Å². The minimum Gasteiger partial charge on any atom is -0.480 e. The molecule has 14 heteroatoms. The molecule has 0 aliphatic rings. The predicted molar refractivity (Wildman–Crippen MR) is 157 cm³/mol. The normalized spacial score (nSPS) is 14.8. The quantitative estimate of drug-likeness (QED) is 0.0551. The number of thiol groups is 1. The van der Waals surface area contributed by atoms with Gasteiger partial charge in [-0.05, 0) is 30.4 Å². The van der Waals surface area contributed by atoms with Gasteiger partial charge in [0.05, 0.1) is 6.04 Å². The number of hydrogen-bond acceptors (Lipinski definition) is 7. The van der Waals surface area contributed by atoms with Crippen LogP contribution in [0.3, 0.4) is 0 Å². The van der Waals surface area contributed by atoms with E-state index in [-0.39, 0.29) is 30.5 Å². The number of carbonyl (C=O) groups excluding carboxylic acids is 3. The molecule has 2 rings (SSSR count). The maximum atomic E-state index is 13.4. The topological polar surface area (TPSA) is 231 Å². The molecular formula is C26H40N8O5S. The molecule has 0 aliphatic carbocycles. The Morgan fingerprint density at radius 3 is 2.33 bits per heavy atom. The number of benzene rings is 1. The predicted octanol–water partition coefficient (Wildman–Crippen LogP) is -0.394. The molecule has 11 N–H and O–H groups in total. The second kappa shape index (κ2) is 15.7. The third-order valence-electron chi connectivity index (χ3n) is 6.63. The average molecular weight is 577 g/mol. The monoisotopic (exact) mass is 576 g/mol. The summed E-state index contributed by atoms with van der Waals surface area (Å²) >= 11 is 4.19. The Labute approximate surface area is 238 Å². The van der Waals surface area contributed by atoms with Crippen molar-refractivity contribution in [3.63, 3.8) is 0 Å². The first-order chi connectivity index (χ1) is 19.0. The van der Waals surface area contributed by atoms with Crippen molar-refractivity contribution in [2.75, 3.05) is 12.3 Å². The molecule has 2 aromatic rings. The number of hydrogen-bond donors (Lipinski definition) is 9. The Hall–Kier alpha value is -3.78. The molecule has 0 aliphatic heterocycles. The van der Waals surface area contributed by atoms with Crippen LogP contribution in [-0.2, 0) is 25.6 Å². The Morgan fingerprint density at radius 2 is 1.70 bits per heavy atom. The molecule has 0 bridgehead atoms. The summed E-state index contributed by atoms with van der Waals surface area (Å²) in [6.45, 7) is 3.82. The molecule has 220 valence electrons. The number of H-pyrrole nitrogens is 1. The number of carbonyl (C=O) groups is 4. The number of rotatable bonds is 16. The van der Waals surface area contributed by atoms with Gasteiger partial charge in [-0.1, -0.05) is 38.5 Å². The number of carboxylic acids is 1. The second-order valence-corrected chi connectivity index (χ2v) is 10.00. The molecule has 1 heterocycles. The van der Waals surface area contributed by atoms with Gasteiger partial charge < -0.3 is 43.2 Å². The van der Waals surface area contributed by atoms with Crippen molar-refractivity contribution in [3.05, 3.63) is 36.0 Å². The Balaban J connectivity index is 2.20. The lowest BCUT2D eigenvalue weighted by Crippen LogP contribution is -2.58. The summed E-state index contributed by atoms with van der Waals surface area (Å²) < 4.78 is 0. The molecule has 0 spiro atoms. The number of fused-ring (bicyclic) bond motifs is 1. The van der Waals surface area contributed by atoms with E-state index in [0.29, 0.717) is 19.4 Å². The summed E-state index contributed by atoms with van der Waals surface area (Å²) in [5.41, 5.74) is 18.3. The maximum Gasteiger partial charge on any atom is 0.326 e. The fourth-order valence-corrected chi connectivity index (χ4v) is 4.32. The van der Waals surface area contributed by atoms with Crippen molar-refractivity contribution < 1.29 is 24.3 Å². The zero-order valence-electron chi connectivity index (χ0n) is 22.7. The maximum absolute atomic E-state index is 13.4. The fraction of sp³-hybridized carbons (Fsp3) is 0.500. The van der Waals surface area contributed by atoms with Gasteiger partial charge in [0.1, 0.15) is 18.1 Å². The zero-order chi connectivity index (χ0) is 29.8. The van der Waals surface area contributed by atoms with Gasteiger partial charge in [-0.3, -0.25) is 19.4 Å². The lowest BCUT2D eigenvalue weighted by Gasteiger charge is -2.26. The summed E-state index contributed by atoms with van der Waals surface area (Å²) in [6.07, 6.45) is 3.11. The van der Waals surface area contributed by atoms with E-state index in [1.165, 1.54) is 0 Å². The lowest BCUT2D eigenvalue weighted by molar-refractivity contribution is -0.143. The van der Waals surface area contributed by atoms with E-state index in [1.807, 2.05) is 31.2 Å². The van der Waals surface area contributed by atoms with E-state index in [4.69, 9.17) is 17.2 Å². The first-order valence-electron chi connectivity index (χ1n) is 13.1. The molecule has 13 nitrogen and oxygen atoms in total. The van der Waals surface area contributed by atoms with Crippen LogP contribution in [0.15, 0.2) is 35.5 Å². The van der Waals surface area contributed by atoms with E-state index < -0.39 is 47.9 Å². The van der Waals surface area contributed by atoms with Crippen molar-refractivity contribution in [3.8, 4) is 0 Å². The number of para-hydroxylation sites is 1. The number of aliphatic imine (C=N–C) groups is 1. The van der Waals surface area contributed by atoms with Crippen LogP contribution in [0.2, 0.25) is 0 Å². The van der Waals surface area contributed by atoms with Crippen molar-refractivity contribution in [2.24, 2.45) is 28.1 Å². The molecule has 5 unspecified atom stereocenters. The average Bonchev–Trinajstić information content (AvgIpc) is 3.33. The largest absolute Gasteiger partial charge is 0.480 e. The molecule has 3 amide bonds. The Bertz CT molecular complexity index is 1200. The number of carboxylic acid groups (broad SMARTS) is 1. The van der Waals surface area contributed by atoms with Gasteiger partial charge in [0.15, 0.2) is 5.96 Å². The number of aromatic amines is 1. The molecule has 0 saturated carbocycles. The molecule has 1 aromatic carbocycles. The van der Waals surface area contributed by atoms with Crippen LogP contribution < -0.4 is 33.2 Å². The highest BCUT2D eigenvalue weighted by Gasteiger charge is 2.31. The molecule has 5 atom stereocenters. The highest BCUT2D eigenvalue weighted by Crippen LogP contribution is 2.19. The Morgan fingerprint density at radius 1 is 1.05 bits per heavy atom. The number of nitrogens with two attached hydrogens (primary N) is 3. The lowest BCUT2D eigenvalue weighted by atomic mass is 9.99. The van der Waals surface area contributed by atoms with Gasteiger partial charge in [-0.2, -0.15) is 12.6 Å². The van der Waals surface area contributed by atoms with E-state index >= 15 is 0 Å². The summed E-state index contributed by atoms with van der Waals surface area (Å²) in [5.74, 6) is -3.55. The minimum absolute atomic E-state index is 0.0601. The van der Waals surface area contributed by atoms with E-state index in [1.54, 1.807) is 13.1 Å². The first kappa shape index (κ1) is 32.4. The SMILES string of the molecule is CCC(C)C(NC(=O)C(CS)NC(=O)C(Cc1c[nH]c2ccccc12)NC(=O)C(N)CCCN=C(N)N)C(=O)O. The number of nitrogens with zero attached hydrogens (tertiary/aromatic N) is 1. The summed E-state index contributed by atoms with van der Waals surface area (Å²) in [4.78, 5) is 57.9. The van der Waals surface area contributed by atoms with Gasteiger partial charge in [0, 0.05) is 35.8 Å². The van der Waals surface area contributed by atoms with Gasteiger partial charge >= 0.3 is 5.97 Å². The van der Waals surface area contributed by atoms with Crippen LogP contribution in [0.1, 0.15) is 38.7 Å². The molecule has 0 radical (unpaired) electrons. The number of aliphatic carboxylic acids is 1. The number of guanidine groups is 1. The van der Waals surface area contributed by atoms with Crippen LogP contribution in [0.4, 0.5) is 0 Å². The van der Waals surface area contributed by atoms with E-state index in [9.17, 15) is 24.3 Å². The number of nitrogens with one attached hydrogen (secondary N) is 4. The van der Waals surface area contributed by atoms with Crippen LogP contribution in [0.25, 0.3) is 10.9 Å². The number of amides is 3. The van der Waals surface area contributed by atoms with Crippen LogP contribution >= 0.6 is 12.6 Å². The standard InChI is InChI=1S/C26H40N8O5S/c1-3-14(2)21(25(38)39)34-24(37)20(13-40)33-23(36)19(11-15-12-31-18-9-5-4-7-16(15)18)32-22(35)17(27)8-6-10-30-26(28)29/h4-5,7,9,12,14,17,19-21,31,40H,3,6,8,10-11,13,27H2,1-2H3,(H,32,35)(H,33,36)(H,34,37)(H,38,39)(H4,28,29,30). The highest BCUT2D eigenvalue weighted by atomic mass is 32.1. The minimum atomic E-state index is -1.18. The zero-order valence-corrected chi connectivity index (χ0v) is 23.6. The van der Waals surface area contributed by atoms with Crippen LogP contribution in [0, 0.1) is 5.92 Å². The molecule has 0 fully saturated rings. The molecule has 0 saturated heterocycles. The molecule has 1 aromatic heterocycles. The van der Waals surface area contributed by atoms with Crippen molar-refractivity contribution in [1.29, 1.82) is 0 Å². The summed E-state index contributed by atoms with van der Waals surface area (Å²) in [6, 6.07) is 3.22. The molecular weight excluding hydrogens is 536 g/mol. The van der Waals surface area contributed by atoms with E-state index in [0.717, 1.165) is 16.5 Å². The third kappa shape index (κ3) is 9.45. The van der Waals surface area contributed by atoms with Gasteiger partial charge in [0.2, 0.25) is 17.7 Å². The van der Waals surface area contributed by atoms with Crippen molar-refractivity contribution >= 4 is 53.2 Å². The molecule has 40 heavy (non-hydrogen) atoms. The van der Waals surface area contributed by atoms with Crippen LogP contribution in [0.5, 0.6) is 0 Å². The first-order valence-corrected chi connectivity index (χ1v) is 13.7. The Kier molecular flexibility index (Phi) is 12.7. The van der Waals surface area contributed by atoms with E-state index in [2.05, 4.69) is 38.6 Å². The van der Waals surface area contributed by atoms with Gasteiger partial charge in [0.25, 0.3) is 0 Å². The number of aromatic nitrogens is 1. The third-order valence-corrected chi connectivity index (χ3v) is 6.99. The van der Waals surface area contributed by atoms with Gasteiger partial charge in [-0.25, -0.2) is 4.79 Å². The summed E-state index contributed by atoms with van der Waals surface area (Å²) in [5, 5.41) is 18.2. The van der Waals surface area contributed by atoms with Crippen molar-refractivity contribution in [2.45, 2.75) is 63.7 Å². The van der Waals surface area contributed by atoms with Crippen molar-refractivity contribution in [1.82, 2.24) is 20.9 Å². The smallest absolute Gasteiger partial charge is 0.326 e. The summed E-state index contributed by atoms with van der Waals surface area (Å²) in [7, 11) is 0. The second-order valence-electron chi connectivity index (χ2n) is 9.63. The highest BCUT2D eigenvalue weighted by molar-refractivity contribution is 7.80. The fourth-order valence-electron chi connectivity index (χ4n) is 4.06. The van der Waals surface area contributed by atoms with Crippen LogP contribution in [-0.4, -0.2) is 76.2 Å².